The second kappa shape index (κ2) is 7.45. The van der Waals surface area contributed by atoms with Crippen LogP contribution in [-0.4, -0.2) is 30.7 Å². The maximum Gasteiger partial charge on any atom is 0.139 e. The second-order valence-corrected chi connectivity index (χ2v) is 6.59. The van der Waals surface area contributed by atoms with E-state index in [4.69, 9.17) is 0 Å². The molecule has 0 spiro atoms. The minimum atomic E-state index is 0.149. The Morgan fingerprint density at radius 2 is 2.00 bits per heavy atom. The standard InChI is InChI=1S/C21H19N5O/c1-26-14-18(13-23-26)16-5-7-21-17(9-16)10-19(24-25-21)11-20(27)6-4-15-3-2-8-22-12-15/h2-3,5,7-10,12-14H,4,6,11H2,1H3. The van der Waals surface area contributed by atoms with Crippen molar-refractivity contribution in [2.75, 3.05) is 0 Å². The second-order valence-electron chi connectivity index (χ2n) is 6.59. The predicted octanol–water partition coefficient (Wildman–Crippen LogP) is 3.17. The first kappa shape index (κ1) is 17.0. The Kier molecular flexibility index (Phi) is 4.70. The van der Waals surface area contributed by atoms with Crippen LogP contribution in [0.25, 0.3) is 22.0 Å². The molecule has 0 unspecified atom stereocenters. The van der Waals surface area contributed by atoms with Gasteiger partial charge in [-0.25, -0.2) is 0 Å². The van der Waals surface area contributed by atoms with Crippen LogP contribution in [0.3, 0.4) is 0 Å². The van der Waals surface area contributed by atoms with E-state index >= 15 is 0 Å². The lowest BCUT2D eigenvalue weighted by Gasteiger charge is -2.04. The highest BCUT2D eigenvalue weighted by atomic mass is 16.1. The number of hydrogen-bond donors (Lipinski definition) is 0. The molecule has 4 rings (SSSR count). The Morgan fingerprint density at radius 3 is 2.78 bits per heavy atom. The SMILES string of the molecule is Cn1cc(-c2ccc3nnc(CC(=O)CCc4cccnc4)cc3c2)cn1. The summed E-state index contributed by atoms with van der Waals surface area (Å²) in [6, 6.07) is 11.8. The summed E-state index contributed by atoms with van der Waals surface area (Å²) >= 11 is 0. The molecular weight excluding hydrogens is 338 g/mol. The van der Waals surface area contributed by atoms with Crippen molar-refractivity contribution in [3.05, 3.63) is 72.4 Å². The van der Waals surface area contributed by atoms with Crippen LogP contribution in [0, 0.1) is 0 Å². The maximum atomic E-state index is 12.3. The van der Waals surface area contributed by atoms with Crippen molar-refractivity contribution in [2.45, 2.75) is 19.3 Å². The summed E-state index contributed by atoms with van der Waals surface area (Å²) in [5.74, 6) is 0.149. The number of fused-ring (bicyclic) bond motifs is 1. The first-order chi connectivity index (χ1) is 13.2. The van der Waals surface area contributed by atoms with E-state index < -0.39 is 0 Å². The van der Waals surface area contributed by atoms with Crippen LogP contribution in [-0.2, 0) is 24.7 Å². The van der Waals surface area contributed by atoms with E-state index in [1.807, 2.05) is 49.8 Å². The maximum absolute atomic E-state index is 12.3. The number of hydrogen-bond acceptors (Lipinski definition) is 5. The third-order valence-corrected chi connectivity index (χ3v) is 4.47. The van der Waals surface area contributed by atoms with Crippen LogP contribution < -0.4 is 0 Å². The Bertz CT molecular complexity index is 1090. The number of rotatable bonds is 6. The number of pyridine rings is 1. The first-order valence-corrected chi connectivity index (χ1v) is 8.83. The van der Waals surface area contributed by atoms with Crippen molar-refractivity contribution in [2.24, 2.45) is 7.05 Å². The van der Waals surface area contributed by atoms with Gasteiger partial charge < -0.3 is 0 Å². The van der Waals surface area contributed by atoms with Crippen LogP contribution in [0.4, 0.5) is 0 Å². The predicted molar refractivity (Wildman–Crippen MR) is 103 cm³/mol. The highest BCUT2D eigenvalue weighted by Gasteiger charge is 2.09. The highest BCUT2D eigenvalue weighted by Crippen LogP contribution is 2.23. The Balaban J connectivity index is 1.49. The number of benzene rings is 1. The van der Waals surface area contributed by atoms with Crippen LogP contribution in [0.15, 0.2) is 61.2 Å². The van der Waals surface area contributed by atoms with Gasteiger partial charge >= 0.3 is 0 Å². The molecule has 0 fully saturated rings. The fourth-order valence-electron chi connectivity index (χ4n) is 3.04. The number of aryl methyl sites for hydroxylation is 2. The topological polar surface area (TPSA) is 73.6 Å². The molecule has 3 heterocycles. The molecule has 6 heteroatoms. The smallest absolute Gasteiger partial charge is 0.139 e. The zero-order valence-corrected chi connectivity index (χ0v) is 15.0. The molecule has 0 bridgehead atoms. The average Bonchev–Trinajstić information content (AvgIpc) is 3.13. The Labute approximate surface area is 156 Å². The number of nitrogens with zero attached hydrogens (tertiary/aromatic N) is 5. The molecule has 0 aliphatic heterocycles. The number of carbonyl (C=O) groups excluding carboxylic acids is 1. The van der Waals surface area contributed by atoms with Crippen molar-refractivity contribution in [3.8, 4) is 11.1 Å². The number of ketones is 1. The van der Waals surface area contributed by atoms with Gasteiger partial charge in [0.05, 0.1) is 23.8 Å². The van der Waals surface area contributed by atoms with Gasteiger partial charge in [-0.2, -0.15) is 15.3 Å². The normalized spacial score (nSPS) is 11.0. The van der Waals surface area contributed by atoms with Crippen LogP contribution >= 0.6 is 0 Å². The van der Waals surface area contributed by atoms with Gasteiger partial charge in [-0.15, -0.1) is 0 Å². The van der Waals surface area contributed by atoms with E-state index in [9.17, 15) is 4.79 Å². The van der Waals surface area contributed by atoms with E-state index in [0.29, 0.717) is 25.0 Å². The molecule has 0 N–H and O–H groups in total. The van der Waals surface area contributed by atoms with Gasteiger partial charge in [0.1, 0.15) is 5.78 Å². The molecule has 0 amide bonds. The van der Waals surface area contributed by atoms with Crippen molar-refractivity contribution >= 4 is 16.7 Å². The van der Waals surface area contributed by atoms with Crippen LogP contribution in [0.1, 0.15) is 17.7 Å². The molecule has 0 saturated carbocycles. The van der Waals surface area contributed by atoms with Gasteiger partial charge in [0.25, 0.3) is 0 Å². The molecule has 6 nitrogen and oxygen atoms in total. The first-order valence-electron chi connectivity index (χ1n) is 8.83. The van der Waals surface area contributed by atoms with E-state index in [2.05, 4.69) is 26.3 Å². The van der Waals surface area contributed by atoms with Crippen LogP contribution in [0.2, 0.25) is 0 Å². The van der Waals surface area contributed by atoms with Gasteiger partial charge in [-0.3, -0.25) is 14.5 Å². The fraction of sp³-hybridized carbons (Fsp3) is 0.190. The van der Waals surface area contributed by atoms with E-state index in [1.54, 1.807) is 17.1 Å². The summed E-state index contributed by atoms with van der Waals surface area (Å²) in [6.07, 6.45) is 8.79. The molecule has 27 heavy (non-hydrogen) atoms. The zero-order valence-electron chi connectivity index (χ0n) is 15.0. The largest absolute Gasteiger partial charge is 0.299 e. The van der Waals surface area contributed by atoms with Gasteiger partial charge in [0, 0.05) is 43.0 Å². The molecule has 4 aromatic rings. The molecule has 0 aliphatic rings. The van der Waals surface area contributed by atoms with Gasteiger partial charge in [0.15, 0.2) is 0 Å². The zero-order chi connectivity index (χ0) is 18.6. The monoisotopic (exact) mass is 357 g/mol. The third kappa shape index (κ3) is 4.06. The van der Waals surface area contributed by atoms with Gasteiger partial charge in [-0.1, -0.05) is 12.1 Å². The number of aromatic nitrogens is 5. The van der Waals surface area contributed by atoms with Crippen molar-refractivity contribution in [3.63, 3.8) is 0 Å². The van der Waals surface area contributed by atoms with Crippen molar-refractivity contribution in [1.29, 1.82) is 0 Å². The fourth-order valence-corrected chi connectivity index (χ4v) is 3.04. The average molecular weight is 357 g/mol. The van der Waals surface area contributed by atoms with E-state index in [-0.39, 0.29) is 5.78 Å². The molecule has 1 aromatic carbocycles. The van der Waals surface area contributed by atoms with Gasteiger partial charge in [-0.05, 0) is 41.8 Å². The van der Waals surface area contributed by atoms with Gasteiger partial charge in [0.2, 0.25) is 0 Å². The lowest BCUT2D eigenvalue weighted by Crippen LogP contribution is -2.06. The summed E-state index contributed by atoms with van der Waals surface area (Å²) in [5.41, 5.74) is 4.69. The van der Waals surface area contributed by atoms with E-state index in [1.165, 1.54) is 0 Å². The summed E-state index contributed by atoms with van der Waals surface area (Å²) in [7, 11) is 1.89. The molecule has 0 atom stereocenters. The number of Topliss-reactive ketones (excluding diaryl/α,β-unsaturated/α-hetero) is 1. The number of carbonyl (C=O) groups is 1. The van der Waals surface area contributed by atoms with E-state index in [0.717, 1.165) is 27.6 Å². The summed E-state index contributed by atoms with van der Waals surface area (Å²) < 4.78 is 1.77. The molecule has 0 aliphatic carbocycles. The summed E-state index contributed by atoms with van der Waals surface area (Å²) in [6.45, 7) is 0. The summed E-state index contributed by atoms with van der Waals surface area (Å²) in [4.78, 5) is 16.4. The molecule has 0 saturated heterocycles. The minimum Gasteiger partial charge on any atom is -0.299 e. The van der Waals surface area contributed by atoms with Crippen LogP contribution in [0.5, 0.6) is 0 Å². The highest BCUT2D eigenvalue weighted by molar-refractivity contribution is 5.86. The van der Waals surface area contributed by atoms with Crippen molar-refractivity contribution < 1.29 is 4.79 Å². The Hall–Kier alpha value is -3.41. The third-order valence-electron chi connectivity index (χ3n) is 4.47. The summed E-state index contributed by atoms with van der Waals surface area (Å²) in [5, 5.41) is 13.7. The molecular formula is C21H19N5O. The molecule has 0 radical (unpaired) electrons. The quantitative estimate of drug-likeness (QED) is 0.530. The van der Waals surface area contributed by atoms with Crippen molar-refractivity contribution in [1.82, 2.24) is 25.0 Å². The minimum absolute atomic E-state index is 0.149. The lowest BCUT2D eigenvalue weighted by atomic mass is 10.0. The Morgan fingerprint density at radius 1 is 1.07 bits per heavy atom. The molecule has 3 aromatic heterocycles. The molecule has 134 valence electrons. The lowest BCUT2D eigenvalue weighted by molar-refractivity contribution is -0.118.